The molecule has 6 nitrogen and oxygen atoms in total. The molecule has 0 aliphatic rings. The molecule has 1 amide bonds. The van der Waals surface area contributed by atoms with Gasteiger partial charge in [0.05, 0.1) is 18.0 Å². The molecule has 7 heteroatoms. The normalized spacial score (nSPS) is 10.6. The Hall–Kier alpha value is -2.83. The van der Waals surface area contributed by atoms with Gasteiger partial charge in [0.1, 0.15) is 6.61 Å². The largest absolute Gasteiger partial charge is 0.488 e. The van der Waals surface area contributed by atoms with Crippen LogP contribution in [0.15, 0.2) is 54.7 Å². The van der Waals surface area contributed by atoms with Crippen molar-refractivity contribution in [2.75, 3.05) is 25.6 Å². The van der Waals surface area contributed by atoms with Gasteiger partial charge in [-0.2, -0.15) is 5.10 Å². The fourth-order valence-corrected chi connectivity index (χ4v) is 2.87. The Balaban J connectivity index is 1.96. The standard InChI is InChI=1S/C20H20ClN3O3/c1-24-18(9-10-22-24)16-7-4-8-17(19(16)27-12-11-26-2)23-20(25)14-5-3-6-15(21)13-14/h3-10,13H,11-12H2,1-2H3,(H,23,25). The third-order valence-corrected chi connectivity index (χ3v) is 4.22. The average molecular weight is 386 g/mol. The number of carbonyl (C=O) groups is 1. The van der Waals surface area contributed by atoms with Gasteiger partial charge < -0.3 is 14.8 Å². The van der Waals surface area contributed by atoms with Crippen LogP contribution in [0.25, 0.3) is 11.3 Å². The molecule has 0 bridgehead atoms. The Morgan fingerprint density at radius 3 is 2.70 bits per heavy atom. The number of nitrogens with one attached hydrogen (secondary N) is 1. The van der Waals surface area contributed by atoms with Crippen molar-refractivity contribution in [2.24, 2.45) is 7.05 Å². The fraction of sp³-hybridized carbons (Fsp3) is 0.200. The molecule has 1 heterocycles. The highest BCUT2D eigenvalue weighted by Gasteiger charge is 2.17. The van der Waals surface area contributed by atoms with Gasteiger partial charge in [0, 0.05) is 36.5 Å². The number of ether oxygens (including phenoxy) is 2. The topological polar surface area (TPSA) is 65.4 Å². The van der Waals surface area contributed by atoms with Crippen LogP contribution in [0.4, 0.5) is 5.69 Å². The number of benzene rings is 2. The van der Waals surface area contributed by atoms with Crippen molar-refractivity contribution in [2.45, 2.75) is 0 Å². The van der Waals surface area contributed by atoms with Gasteiger partial charge in [-0.3, -0.25) is 9.48 Å². The van der Waals surface area contributed by atoms with E-state index in [1.807, 2.05) is 25.2 Å². The van der Waals surface area contributed by atoms with E-state index in [4.69, 9.17) is 21.1 Å². The van der Waals surface area contributed by atoms with E-state index in [1.165, 1.54) is 0 Å². The summed E-state index contributed by atoms with van der Waals surface area (Å²) in [6.07, 6.45) is 1.71. The van der Waals surface area contributed by atoms with Crippen molar-refractivity contribution in [1.29, 1.82) is 0 Å². The van der Waals surface area contributed by atoms with Crippen LogP contribution in [0.1, 0.15) is 10.4 Å². The van der Waals surface area contributed by atoms with E-state index in [2.05, 4.69) is 10.4 Å². The van der Waals surface area contributed by atoms with Crippen LogP contribution < -0.4 is 10.1 Å². The Labute approximate surface area is 162 Å². The smallest absolute Gasteiger partial charge is 0.255 e. The quantitative estimate of drug-likeness (QED) is 0.624. The molecule has 0 unspecified atom stereocenters. The summed E-state index contributed by atoms with van der Waals surface area (Å²) in [5.74, 6) is 0.296. The monoisotopic (exact) mass is 385 g/mol. The third kappa shape index (κ3) is 4.48. The molecule has 0 aliphatic carbocycles. The number of methoxy groups -OCH3 is 1. The van der Waals surface area contributed by atoms with Gasteiger partial charge in [0.25, 0.3) is 5.91 Å². The van der Waals surface area contributed by atoms with Gasteiger partial charge in [0.2, 0.25) is 0 Å². The zero-order valence-electron chi connectivity index (χ0n) is 15.1. The highest BCUT2D eigenvalue weighted by molar-refractivity contribution is 6.31. The van der Waals surface area contributed by atoms with E-state index < -0.39 is 0 Å². The van der Waals surface area contributed by atoms with Crippen molar-refractivity contribution >= 4 is 23.2 Å². The lowest BCUT2D eigenvalue weighted by atomic mass is 10.1. The Bertz CT molecular complexity index is 940. The molecule has 0 fully saturated rings. The second-order valence-electron chi connectivity index (χ2n) is 5.83. The molecule has 0 saturated carbocycles. The van der Waals surface area contributed by atoms with Gasteiger partial charge in [-0.1, -0.05) is 23.7 Å². The molecule has 2 aromatic carbocycles. The minimum absolute atomic E-state index is 0.267. The maximum absolute atomic E-state index is 12.6. The summed E-state index contributed by atoms with van der Waals surface area (Å²) in [7, 11) is 3.46. The lowest BCUT2D eigenvalue weighted by Crippen LogP contribution is -2.14. The van der Waals surface area contributed by atoms with E-state index in [0.717, 1.165) is 11.3 Å². The molecule has 3 rings (SSSR count). The van der Waals surface area contributed by atoms with E-state index in [9.17, 15) is 4.79 Å². The maximum Gasteiger partial charge on any atom is 0.255 e. The molecule has 3 aromatic rings. The second kappa shape index (κ2) is 8.70. The third-order valence-electron chi connectivity index (χ3n) is 3.98. The first kappa shape index (κ1) is 18.9. The fourth-order valence-electron chi connectivity index (χ4n) is 2.68. The molecule has 27 heavy (non-hydrogen) atoms. The minimum atomic E-state index is -0.267. The number of halogens is 1. The molecule has 0 atom stereocenters. The minimum Gasteiger partial charge on any atom is -0.488 e. The number of aryl methyl sites for hydroxylation is 1. The molecule has 140 valence electrons. The van der Waals surface area contributed by atoms with Crippen LogP contribution in [0, 0.1) is 0 Å². The molecule has 0 spiro atoms. The maximum atomic E-state index is 12.6. The van der Waals surface area contributed by atoms with Crippen molar-refractivity contribution in [3.8, 4) is 17.0 Å². The number of hydrogen-bond acceptors (Lipinski definition) is 4. The van der Waals surface area contributed by atoms with Crippen LogP contribution in [-0.2, 0) is 11.8 Å². The van der Waals surface area contributed by atoms with E-state index in [1.54, 1.807) is 48.3 Å². The summed E-state index contributed by atoms with van der Waals surface area (Å²) in [4.78, 5) is 12.6. The average Bonchev–Trinajstić information content (AvgIpc) is 3.08. The van der Waals surface area contributed by atoms with Crippen molar-refractivity contribution < 1.29 is 14.3 Å². The summed E-state index contributed by atoms with van der Waals surface area (Å²) >= 11 is 5.99. The number of carbonyl (C=O) groups excluding carboxylic acids is 1. The molecule has 1 aromatic heterocycles. The number of hydrogen-bond donors (Lipinski definition) is 1. The molecule has 0 radical (unpaired) electrons. The van der Waals surface area contributed by atoms with Crippen LogP contribution in [0.3, 0.4) is 0 Å². The lowest BCUT2D eigenvalue weighted by Gasteiger charge is -2.17. The number of aromatic nitrogens is 2. The Morgan fingerprint density at radius 2 is 2.00 bits per heavy atom. The number of para-hydroxylation sites is 1. The first-order chi connectivity index (χ1) is 13.1. The van der Waals surface area contributed by atoms with Crippen LogP contribution in [0.2, 0.25) is 5.02 Å². The lowest BCUT2D eigenvalue weighted by molar-refractivity contribution is 0.102. The second-order valence-corrected chi connectivity index (χ2v) is 6.26. The van der Waals surface area contributed by atoms with Gasteiger partial charge in [-0.25, -0.2) is 0 Å². The number of nitrogens with zero attached hydrogens (tertiary/aromatic N) is 2. The van der Waals surface area contributed by atoms with E-state index in [0.29, 0.717) is 35.2 Å². The zero-order valence-corrected chi connectivity index (χ0v) is 15.9. The molecule has 0 saturated heterocycles. The summed E-state index contributed by atoms with van der Waals surface area (Å²) < 4.78 is 12.8. The zero-order chi connectivity index (χ0) is 19.2. The number of rotatable bonds is 7. The predicted octanol–water partition coefficient (Wildman–Crippen LogP) is 4.02. The number of anilines is 1. The van der Waals surface area contributed by atoms with Crippen LogP contribution >= 0.6 is 11.6 Å². The van der Waals surface area contributed by atoms with Gasteiger partial charge in [-0.05, 0) is 36.4 Å². The van der Waals surface area contributed by atoms with E-state index >= 15 is 0 Å². The summed E-state index contributed by atoms with van der Waals surface area (Å²) in [6.45, 7) is 0.785. The molecule has 1 N–H and O–H groups in total. The summed E-state index contributed by atoms with van der Waals surface area (Å²) in [5.41, 5.74) is 2.74. The molecular weight excluding hydrogens is 366 g/mol. The highest BCUT2D eigenvalue weighted by Crippen LogP contribution is 2.36. The van der Waals surface area contributed by atoms with Crippen molar-refractivity contribution in [3.05, 3.63) is 65.3 Å². The first-order valence-electron chi connectivity index (χ1n) is 8.40. The van der Waals surface area contributed by atoms with Crippen molar-refractivity contribution in [1.82, 2.24) is 9.78 Å². The molecular formula is C20H20ClN3O3. The van der Waals surface area contributed by atoms with Gasteiger partial charge >= 0.3 is 0 Å². The molecule has 0 aliphatic heterocycles. The van der Waals surface area contributed by atoms with Crippen LogP contribution in [0.5, 0.6) is 5.75 Å². The summed E-state index contributed by atoms with van der Waals surface area (Å²) in [6, 6.07) is 14.3. The summed E-state index contributed by atoms with van der Waals surface area (Å²) in [5, 5.41) is 7.63. The predicted molar refractivity (Wildman–Crippen MR) is 105 cm³/mol. The Morgan fingerprint density at radius 1 is 1.19 bits per heavy atom. The van der Waals surface area contributed by atoms with Gasteiger partial charge in [0.15, 0.2) is 5.75 Å². The van der Waals surface area contributed by atoms with Crippen LogP contribution in [-0.4, -0.2) is 36.0 Å². The van der Waals surface area contributed by atoms with E-state index in [-0.39, 0.29) is 5.91 Å². The Kier molecular flexibility index (Phi) is 6.11. The first-order valence-corrected chi connectivity index (χ1v) is 8.78. The van der Waals surface area contributed by atoms with Crippen molar-refractivity contribution in [3.63, 3.8) is 0 Å². The SMILES string of the molecule is COCCOc1c(NC(=O)c2cccc(Cl)c2)cccc1-c1ccnn1C. The van der Waals surface area contributed by atoms with Gasteiger partial charge in [-0.15, -0.1) is 0 Å². The highest BCUT2D eigenvalue weighted by atomic mass is 35.5. The number of amides is 1.